The fourth-order valence-electron chi connectivity index (χ4n) is 2.93. The predicted octanol–water partition coefficient (Wildman–Crippen LogP) is 5.86. The first-order valence-electron chi connectivity index (χ1n) is 7.68. The number of carbonyl (C=O) groups excluding carboxylic acids is 1. The van der Waals surface area contributed by atoms with E-state index in [4.69, 9.17) is 0 Å². The number of rotatable bonds is 8. The van der Waals surface area contributed by atoms with Gasteiger partial charge in [-0.25, -0.2) is 13.6 Å². The van der Waals surface area contributed by atoms with Gasteiger partial charge < -0.3 is 0 Å². The Kier molecular flexibility index (Phi) is 6.51. The monoisotopic (exact) mass is 439 g/mol. The Morgan fingerprint density at radius 2 is 1.25 bits per heavy atom. The van der Waals surface area contributed by atoms with E-state index < -0.39 is 60.8 Å². The van der Waals surface area contributed by atoms with Gasteiger partial charge in [0.05, 0.1) is 5.54 Å². The van der Waals surface area contributed by atoms with Gasteiger partial charge in [-0.05, 0) is 12.8 Å². The second-order valence-electron chi connectivity index (χ2n) is 6.52. The van der Waals surface area contributed by atoms with Gasteiger partial charge in [-0.3, -0.25) is 0 Å². The van der Waals surface area contributed by atoms with E-state index in [1.165, 1.54) is 0 Å². The Morgan fingerprint density at radius 3 is 1.64 bits per heavy atom. The molecular weight excluding hydrogens is 426 g/mol. The van der Waals surface area contributed by atoms with Crippen molar-refractivity contribution in [3.8, 4) is 0 Å². The molecule has 0 atom stereocenters. The minimum atomic E-state index is -7.57. The third-order valence-electron chi connectivity index (χ3n) is 4.56. The van der Waals surface area contributed by atoms with Crippen LogP contribution in [0.1, 0.15) is 38.5 Å². The van der Waals surface area contributed by atoms with Gasteiger partial charge in [-0.1, -0.05) is 19.3 Å². The third kappa shape index (κ3) is 3.71. The summed E-state index contributed by atoms with van der Waals surface area (Å²) in [5, 5.41) is 0. The minimum Gasteiger partial charge on any atom is -0.211 e. The summed E-state index contributed by atoms with van der Waals surface area (Å²) in [6.45, 7) is 0. The van der Waals surface area contributed by atoms with Crippen molar-refractivity contribution in [2.45, 2.75) is 80.1 Å². The van der Waals surface area contributed by atoms with Gasteiger partial charge in [0.1, 0.15) is 0 Å². The second-order valence-corrected chi connectivity index (χ2v) is 6.52. The van der Waals surface area contributed by atoms with Crippen LogP contribution in [0.3, 0.4) is 0 Å². The van der Waals surface area contributed by atoms with E-state index in [0.717, 1.165) is 6.08 Å². The molecule has 0 N–H and O–H groups in total. The SMILES string of the molecule is O=C=NC1(CC(F)(F)C(F)(F)C(F)(F)C(F)(F)C(F)(F)C(F)F)CCCCC1. The van der Waals surface area contributed by atoms with E-state index in [9.17, 15) is 57.5 Å². The lowest BCUT2D eigenvalue weighted by Gasteiger charge is -2.42. The van der Waals surface area contributed by atoms with E-state index >= 15 is 0 Å². The highest BCUT2D eigenvalue weighted by molar-refractivity contribution is 5.35. The fourth-order valence-corrected chi connectivity index (χ4v) is 2.93. The molecule has 0 radical (unpaired) electrons. The lowest BCUT2D eigenvalue weighted by atomic mass is 9.76. The normalized spacial score (nSPS) is 19.5. The van der Waals surface area contributed by atoms with Crippen LogP contribution in [0.4, 0.5) is 52.7 Å². The molecule has 0 aromatic carbocycles. The zero-order valence-electron chi connectivity index (χ0n) is 13.7. The molecule has 0 aromatic heterocycles. The molecule has 14 heteroatoms. The van der Waals surface area contributed by atoms with Crippen molar-refractivity contribution in [3.05, 3.63) is 0 Å². The molecule has 1 fully saturated rings. The number of halogens is 12. The molecule has 0 heterocycles. The molecule has 1 rings (SSSR count). The zero-order valence-corrected chi connectivity index (χ0v) is 13.7. The highest BCUT2D eigenvalue weighted by Crippen LogP contribution is 2.60. The quantitative estimate of drug-likeness (QED) is 0.265. The number of alkyl halides is 12. The van der Waals surface area contributed by atoms with Gasteiger partial charge in [0.2, 0.25) is 6.08 Å². The lowest BCUT2D eigenvalue weighted by Crippen LogP contribution is -2.69. The van der Waals surface area contributed by atoms with Crippen LogP contribution in [-0.4, -0.2) is 47.7 Å². The summed E-state index contributed by atoms with van der Waals surface area (Å²) in [7, 11) is 0. The average molecular weight is 439 g/mol. The van der Waals surface area contributed by atoms with Crippen LogP contribution in [0.15, 0.2) is 4.99 Å². The number of hydrogen-bond donors (Lipinski definition) is 0. The molecule has 1 aliphatic carbocycles. The van der Waals surface area contributed by atoms with Crippen molar-refractivity contribution in [1.29, 1.82) is 0 Å². The Morgan fingerprint density at radius 1 is 0.786 bits per heavy atom. The van der Waals surface area contributed by atoms with Gasteiger partial charge in [0.25, 0.3) is 0 Å². The molecule has 1 aliphatic rings. The molecular formula is C14H13F12NO. The van der Waals surface area contributed by atoms with E-state index in [1.54, 1.807) is 0 Å². The summed E-state index contributed by atoms with van der Waals surface area (Å²) in [5.74, 6) is -35.4. The lowest BCUT2D eigenvalue weighted by molar-refractivity contribution is -0.414. The first-order chi connectivity index (χ1) is 12.4. The van der Waals surface area contributed by atoms with Gasteiger partial charge in [-0.2, -0.15) is 48.9 Å². The van der Waals surface area contributed by atoms with Crippen LogP contribution in [-0.2, 0) is 4.79 Å². The summed E-state index contributed by atoms with van der Waals surface area (Å²) in [5.41, 5.74) is -2.36. The topological polar surface area (TPSA) is 29.4 Å². The van der Waals surface area contributed by atoms with Gasteiger partial charge in [-0.15, -0.1) is 0 Å². The van der Waals surface area contributed by atoms with Crippen molar-refractivity contribution in [2.24, 2.45) is 4.99 Å². The van der Waals surface area contributed by atoms with Gasteiger partial charge in [0, 0.05) is 6.42 Å². The van der Waals surface area contributed by atoms with E-state index in [2.05, 4.69) is 4.99 Å². The maximum Gasteiger partial charge on any atom is 0.384 e. The van der Waals surface area contributed by atoms with E-state index in [1.807, 2.05) is 0 Å². The highest BCUT2D eigenvalue weighted by Gasteiger charge is 2.87. The summed E-state index contributed by atoms with van der Waals surface area (Å²) < 4.78 is 158. The molecule has 2 nitrogen and oxygen atoms in total. The summed E-state index contributed by atoms with van der Waals surface area (Å²) in [6, 6.07) is 0. The first kappa shape index (κ1) is 24.6. The molecule has 0 aromatic rings. The number of aliphatic imine (C=N–C) groups is 1. The molecule has 28 heavy (non-hydrogen) atoms. The van der Waals surface area contributed by atoms with Crippen LogP contribution in [0.5, 0.6) is 0 Å². The predicted molar refractivity (Wildman–Crippen MR) is 69.3 cm³/mol. The standard InChI is InChI=1S/C14H13F12NO/c15-8(16)11(19,20)13(23,24)14(25,26)12(21,22)10(17,18)6-9(27-7-28)4-2-1-3-5-9/h8H,1-6H2. The Bertz CT molecular complexity index is 605. The second kappa shape index (κ2) is 7.42. The van der Waals surface area contributed by atoms with Crippen LogP contribution in [0.2, 0.25) is 0 Å². The van der Waals surface area contributed by atoms with Gasteiger partial charge >= 0.3 is 36.0 Å². The number of nitrogens with zero attached hydrogens (tertiary/aromatic N) is 1. The molecule has 0 bridgehead atoms. The van der Waals surface area contributed by atoms with Crippen LogP contribution in [0.25, 0.3) is 0 Å². The molecule has 1 saturated carbocycles. The van der Waals surface area contributed by atoms with Crippen molar-refractivity contribution >= 4 is 6.08 Å². The average Bonchev–Trinajstić information content (AvgIpc) is 2.54. The number of hydrogen-bond acceptors (Lipinski definition) is 2. The maximum absolute atomic E-state index is 14.0. The third-order valence-corrected chi connectivity index (χ3v) is 4.56. The molecule has 164 valence electrons. The van der Waals surface area contributed by atoms with Crippen LogP contribution >= 0.6 is 0 Å². The molecule has 0 spiro atoms. The van der Waals surface area contributed by atoms with Crippen molar-refractivity contribution in [1.82, 2.24) is 0 Å². The summed E-state index contributed by atoms with van der Waals surface area (Å²) in [4.78, 5) is 13.3. The largest absolute Gasteiger partial charge is 0.384 e. The minimum absolute atomic E-state index is 0.0445. The first-order valence-corrected chi connectivity index (χ1v) is 7.68. The van der Waals surface area contributed by atoms with Crippen LogP contribution in [0, 0.1) is 0 Å². The van der Waals surface area contributed by atoms with E-state index in [-0.39, 0.29) is 12.8 Å². The summed E-state index contributed by atoms with van der Waals surface area (Å²) >= 11 is 0. The smallest absolute Gasteiger partial charge is 0.211 e. The Labute approximate surface area is 150 Å². The molecule has 0 unspecified atom stereocenters. The molecule has 0 amide bonds. The maximum atomic E-state index is 14.0. The van der Waals surface area contributed by atoms with Crippen molar-refractivity contribution < 1.29 is 57.5 Å². The van der Waals surface area contributed by atoms with Gasteiger partial charge in [0.15, 0.2) is 0 Å². The van der Waals surface area contributed by atoms with Crippen molar-refractivity contribution in [2.75, 3.05) is 0 Å². The highest BCUT2D eigenvalue weighted by atomic mass is 19.4. The Hall–Kier alpha value is -1.46. The zero-order chi connectivity index (χ0) is 22.2. The van der Waals surface area contributed by atoms with E-state index in [0.29, 0.717) is 6.42 Å². The molecule has 0 aliphatic heterocycles. The number of isocyanates is 1. The Balaban J connectivity index is 3.38. The van der Waals surface area contributed by atoms with Crippen LogP contribution < -0.4 is 0 Å². The summed E-state index contributed by atoms with van der Waals surface area (Å²) in [6.07, 6.45) is -7.60. The fraction of sp³-hybridized carbons (Fsp3) is 0.929. The van der Waals surface area contributed by atoms with Crippen molar-refractivity contribution in [3.63, 3.8) is 0 Å². The molecule has 0 saturated heterocycles.